The molecule has 2 fully saturated rings. The molecule has 3 heterocycles. The van der Waals surface area contributed by atoms with Crippen LogP contribution >= 0.6 is 0 Å². The molecule has 1 saturated heterocycles. The van der Waals surface area contributed by atoms with E-state index in [1.54, 1.807) is 6.92 Å². The smallest absolute Gasteiger partial charge is 0.437 e. The van der Waals surface area contributed by atoms with Crippen molar-refractivity contribution < 1.29 is 14.3 Å². The van der Waals surface area contributed by atoms with Crippen LogP contribution in [0.25, 0.3) is 0 Å². The van der Waals surface area contributed by atoms with Crippen LogP contribution in [0.4, 0.5) is 28.1 Å². The third-order valence-corrected chi connectivity index (χ3v) is 5.55. The van der Waals surface area contributed by atoms with E-state index in [2.05, 4.69) is 40.5 Å². The first-order valence-electron chi connectivity index (χ1n) is 10.7. The van der Waals surface area contributed by atoms with Crippen LogP contribution in [-0.2, 0) is 4.74 Å². The van der Waals surface area contributed by atoms with E-state index in [1.165, 1.54) is 20.0 Å². The van der Waals surface area contributed by atoms with Crippen molar-refractivity contribution in [3.8, 4) is 5.75 Å². The molecule has 0 amide bonds. The van der Waals surface area contributed by atoms with Gasteiger partial charge >= 0.3 is 6.16 Å². The van der Waals surface area contributed by atoms with Gasteiger partial charge in [-0.1, -0.05) is 12.8 Å². The highest BCUT2D eigenvalue weighted by atomic mass is 16.7. The summed E-state index contributed by atoms with van der Waals surface area (Å²) in [6.07, 6.45) is 5.50. The number of pyridine rings is 1. The maximum Gasteiger partial charge on any atom is 0.513 e. The minimum Gasteiger partial charge on any atom is -0.437 e. The van der Waals surface area contributed by atoms with Gasteiger partial charge in [0.05, 0.1) is 24.7 Å². The van der Waals surface area contributed by atoms with E-state index in [0.717, 1.165) is 44.7 Å². The van der Waals surface area contributed by atoms with Crippen molar-refractivity contribution in [1.29, 1.82) is 0 Å². The fourth-order valence-corrected chi connectivity index (χ4v) is 3.91. The summed E-state index contributed by atoms with van der Waals surface area (Å²) >= 11 is 0. The molecule has 2 aromatic rings. The lowest BCUT2D eigenvalue weighted by atomic mass is 10.2. The SMILES string of the molecule is COC(=O)Oc1c(C)nc(Nc2ccc(N3CCNCC3)cn2)nc1NC1CCCC1. The van der Waals surface area contributed by atoms with Gasteiger partial charge in [-0.3, -0.25) is 0 Å². The quantitative estimate of drug-likeness (QED) is 0.595. The Morgan fingerprint density at radius 2 is 1.97 bits per heavy atom. The van der Waals surface area contributed by atoms with Crippen LogP contribution in [-0.4, -0.2) is 60.4 Å². The van der Waals surface area contributed by atoms with Gasteiger partial charge in [0.25, 0.3) is 0 Å². The normalized spacial score (nSPS) is 16.8. The second kappa shape index (κ2) is 9.78. The molecule has 0 radical (unpaired) electrons. The van der Waals surface area contributed by atoms with E-state index in [4.69, 9.17) is 4.74 Å². The summed E-state index contributed by atoms with van der Waals surface area (Å²) in [6.45, 7) is 5.66. The third-order valence-electron chi connectivity index (χ3n) is 5.55. The van der Waals surface area contributed by atoms with Crippen LogP contribution < -0.4 is 25.6 Å². The number of carbonyl (C=O) groups excluding carboxylic acids is 1. The summed E-state index contributed by atoms with van der Waals surface area (Å²) in [6, 6.07) is 4.25. The van der Waals surface area contributed by atoms with Gasteiger partial charge in [0.15, 0.2) is 11.6 Å². The summed E-state index contributed by atoms with van der Waals surface area (Å²) < 4.78 is 9.96. The lowest BCUT2D eigenvalue weighted by Crippen LogP contribution is -2.43. The van der Waals surface area contributed by atoms with Crippen molar-refractivity contribution in [3.63, 3.8) is 0 Å². The highest BCUT2D eigenvalue weighted by molar-refractivity contribution is 5.69. The molecule has 31 heavy (non-hydrogen) atoms. The first-order chi connectivity index (χ1) is 15.1. The highest BCUT2D eigenvalue weighted by Gasteiger charge is 2.22. The number of nitrogens with one attached hydrogen (secondary N) is 3. The van der Waals surface area contributed by atoms with Gasteiger partial charge in [-0.15, -0.1) is 0 Å². The summed E-state index contributed by atoms with van der Waals surface area (Å²) in [5, 5.41) is 9.91. The molecule has 10 nitrogen and oxygen atoms in total. The lowest BCUT2D eigenvalue weighted by Gasteiger charge is -2.29. The fraction of sp³-hybridized carbons (Fsp3) is 0.524. The number of piperazine rings is 1. The number of ether oxygens (including phenoxy) is 2. The molecule has 4 rings (SSSR count). The van der Waals surface area contributed by atoms with Crippen molar-refractivity contribution in [2.75, 3.05) is 48.8 Å². The molecule has 3 N–H and O–H groups in total. The maximum atomic E-state index is 11.7. The van der Waals surface area contributed by atoms with Crippen LogP contribution in [0.1, 0.15) is 31.4 Å². The molecule has 1 aliphatic heterocycles. The van der Waals surface area contributed by atoms with E-state index >= 15 is 0 Å². The molecule has 1 saturated carbocycles. The summed E-state index contributed by atoms with van der Waals surface area (Å²) in [5.41, 5.74) is 1.62. The Bertz CT molecular complexity index is 895. The number of anilines is 4. The number of hydrogen-bond donors (Lipinski definition) is 3. The molecule has 0 bridgehead atoms. The van der Waals surface area contributed by atoms with Crippen molar-refractivity contribution in [1.82, 2.24) is 20.3 Å². The molecule has 10 heteroatoms. The van der Waals surface area contributed by atoms with Crippen molar-refractivity contribution in [2.24, 2.45) is 0 Å². The Hall–Kier alpha value is -3.14. The standard InChI is InChI=1S/C21H29N7O3/c1-14-18(31-21(29)30-2)19(25-15-5-3-4-6-15)27-20(24-14)26-17-8-7-16(13-23-17)28-11-9-22-10-12-28/h7-8,13,15,22H,3-6,9-12H2,1-2H3,(H2,23,24,25,26,27). The van der Waals surface area contributed by atoms with Gasteiger partial charge in [0.1, 0.15) is 5.82 Å². The summed E-state index contributed by atoms with van der Waals surface area (Å²) in [7, 11) is 1.27. The second-order valence-electron chi connectivity index (χ2n) is 7.76. The minimum atomic E-state index is -0.799. The van der Waals surface area contributed by atoms with Crippen molar-refractivity contribution in [3.05, 3.63) is 24.0 Å². The number of aryl methyl sites for hydroxylation is 1. The van der Waals surface area contributed by atoms with Gasteiger partial charge in [-0.25, -0.2) is 14.8 Å². The van der Waals surface area contributed by atoms with E-state index in [9.17, 15) is 4.79 Å². The molecule has 166 valence electrons. The first kappa shape index (κ1) is 21.1. The number of nitrogens with zero attached hydrogens (tertiary/aromatic N) is 4. The second-order valence-corrected chi connectivity index (χ2v) is 7.76. The number of rotatable bonds is 6. The van der Waals surface area contributed by atoms with Gasteiger partial charge in [-0.2, -0.15) is 4.98 Å². The number of aromatic nitrogens is 3. The first-order valence-corrected chi connectivity index (χ1v) is 10.7. The Balaban J connectivity index is 1.53. The van der Waals surface area contributed by atoms with E-state index in [1.807, 2.05) is 18.3 Å². The fourth-order valence-electron chi connectivity index (χ4n) is 3.91. The zero-order valence-corrected chi connectivity index (χ0v) is 18.0. The topological polar surface area (TPSA) is 114 Å². The molecular weight excluding hydrogens is 398 g/mol. The monoisotopic (exact) mass is 427 g/mol. The molecule has 1 aliphatic carbocycles. The number of hydrogen-bond acceptors (Lipinski definition) is 10. The summed E-state index contributed by atoms with van der Waals surface area (Å²) in [4.78, 5) is 27.5. The van der Waals surface area contributed by atoms with Crippen LogP contribution in [0, 0.1) is 6.92 Å². The minimum absolute atomic E-state index is 0.284. The highest BCUT2D eigenvalue weighted by Crippen LogP contribution is 2.31. The molecule has 0 unspecified atom stereocenters. The molecule has 0 spiro atoms. The van der Waals surface area contributed by atoms with Gasteiger partial charge in [-0.05, 0) is 31.9 Å². The Kier molecular flexibility index (Phi) is 6.66. The molecule has 0 aromatic carbocycles. The van der Waals surface area contributed by atoms with Crippen LogP contribution in [0.5, 0.6) is 5.75 Å². The van der Waals surface area contributed by atoms with Crippen LogP contribution in [0.3, 0.4) is 0 Å². The predicted octanol–water partition coefficient (Wildman–Crippen LogP) is 2.83. The molecule has 2 aromatic heterocycles. The zero-order valence-electron chi connectivity index (χ0n) is 18.0. The lowest BCUT2D eigenvalue weighted by molar-refractivity contribution is 0.121. The Morgan fingerprint density at radius 3 is 2.65 bits per heavy atom. The van der Waals surface area contributed by atoms with Crippen molar-refractivity contribution >= 4 is 29.4 Å². The van der Waals surface area contributed by atoms with E-state index in [-0.39, 0.29) is 5.75 Å². The molecule has 0 atom stereocenters. The maximum absolute atomic E-state index is 11.7. The van der Waals surface area contributed by atoms with Gasteiger partial charge < -0.3 is 30.3 Å². The van der Waals surface area contributed by atoms with E-state index in [0.29, 0.717) is 29.3 Å². The average molecular weight is 428 g/mol. The van der Waals surface area contributed by atoms with Crippen molar-refractivity contribution in [2.45, 2.75) is 38.6 Å². The Labute approximate surface area is 181 Å². The molecule has 2 aliphatic rings. The van der Waals surface area contributed by atoms with Gasteiger partial charge in [0, 0.05) is 32.2 Å². The van der Waals surface area contributed by atoms with E-state index < -0.39 is 6.16 Å². The number of carbonyl (C=O) groups is 1. The van der Waals surface area contributed by atoms with Crippen LogP contribution in [0.2, 0.25) is 0 Å². The van der Waals surface area contributed by atoms with Crippen LogP contribution in [0.15, 0.2) is 18.3 Å². The average Bonchev–Trinajstić information content (AvgIpc) is 3.30. The van der Waals surface area contributed by atoms with Gasteiger partial charge in [0.2, 0.25) is 5.95 Å². The largest absolute Gasteiger partial charge is 0.513 e. The predicted molar refractivity (Wildman–Crippen MR) is 118 cm³/mol. The molecular formula is C21H29N7O3. The Morgan fingerprint density at radius 1 is 1.19 bits per heavy atom. The number of methoxy groups -OCH3 is 1. The zero-order chi connectivity index (χ0) is 21.6. The summed E-state index contributed by atoms with van der Waals surface area (Å²) in [5.74, 6) is 1.79. The third kappa shape index (κ3) is 5.32.